The topological polar surface area (TPSA) is 90.2 Å². The Labute approximate surface area is 151 Å². The highest BCUT2D eigenvalue weighted by atomic mass is 16.4. The Kier molecular flexibility index (Phi) is 4.60. The normalized spacial score (nSPS) is 24.2. The van der Waals surface area contributed by atoms with Gasteiger partial charge in [-0.1, -0.05) is 6.07 Å². The van der Waals surface area contributed by atoms with E-state index < -0.39 is 12.0 Å². The average molecular weight is 357 g/mol. The SMILES string of the molecule is O=C(O)[C@@H]1CC[C@H](C(=O)N2CCN(Cc3cn4ccccc4n3)CC2)N1. The maximum absolute atomic E-state index is 12.6. The molecule has 8 nitrogen and oxygen atoms in total. The molecule has 2 saturated heterocycles. The minimum atomic E-state index is -0.877. The number of hydrogen-bond donors (Lipinski definition) is 2. The molecule has 2 aliphatic heterocycles. The summed E-state index contributed by atoms with van der Waals surface area (Å²) in [7, 11) is 0. The number of imidazole rings is 1. The molecule has 2 aromatic heterocycles. The minimum Gasteiger partial charge on any atom is -0.480 e. The highest BCUT2D eigenvalue weighted by Gasteiger charge is 2.35. The Balaban J connectivity index is 1.30. The van der Waals surface area contributed by atoms with Crippen LogP contribution in [0.5, 0.6) is 0 Å². The number of aromatic nitrogens is 2. The van der Waals surface area contributed by atoms with E-state index in [1.165, 1.54) is 0 Å². The molecule has 2 aromatic rings. The molecule has 1 amide bonds. The first-order chi connectivity index (χ1) is 12.6. The molecule has 0 bridgehead atoms. The fourth-order valence-electron chi connectivity index (χ4n) is 3.77. The van der Waals surface area contributed by atoms with Crippen molar-refractivity contribution in [1.82, 2.24) is 24.5 Å². The first kappa shape index (κ1) is 17.0. The summed E-state index contributed by atoms with van der Waals surface area (Å²) in [6.45, 7) is 3.71. The van der Waals surface area contributed by atoms with Crippen LogP contribution in [0.4, 0.5) is 0 Å². The molecule has 0 unspecified atom stereocenters. The van der Waals surface area contributed by atoms with Crippen molar-refractivity contribution in [1.29, 1.82) is 0 Å². The van der Waals surface area contributed by atoms with E-state index in [-0.39, 0.29) is 11.9 Å². The molecule has 0 radical (unpaired) electrons. The van der Waals surface area contributed by atoms with Gasteiger partial charge in [0.1, 0.15) is 11.7 Å². The molecular formula is C18H23N5O3. The molecule has 2 N–H and O–H groups in total. The van der Waals surface area contributed by atoms with Crippen LogP contribution in [0.3, 0.4) is 0 Å². The fraction of sp³-hybridized carbons (Fsp3) is 0.500. The molecule has 2 fully saturated rings. The number of fused-ring (bicyclic) bond motifs is 1. The fourth-order valence-corrected chi connectivity index (χ4v) is 3.77. The summed E-state index contributed by atoms with van der Waals surface area (Å²) in [6.07, 6.45) is 5.14. The van der Waals surface area contributed by atoms with Crippen LogP contribution >= 0.6 is 0 Å². The van der Waals surface area contributed by atoms with Crippen molar-refractivity contribution in [2.75, 3.05) is 26.2 Å². The molecule has 2 aliphatic rings. The number of carbonyl (C=O) groups is 2. The zero-order chi connectivity index (χ0) is 18.1. The van der Waals surface area contributed by atoms with E-state index >= 15 is 0 Å². The van der Waals surface area contributed by atoms with E-state index in [4.69, 9.17) is 5.11 Å². The highest BCUT2D eigenvalue weighted by Crippen LogP contribution is 2.17. The molecule has 0 spiro atoms. The molecule has 138 valence electrons. The molecular weight excluding hydrogens is 334 g/mol. The zero-order valence-corrected chi connectivity index (χ0v) is 14.5. The highest BCUT2D eigenvalue weighted by molar-refractivity contribution is 5.84. The monoisotopic (exact) mass is 357 g/mol. The van der Waals surface area contributed by atoms with Crippen LogP contribution < -0.4 is 5.32 Å². The lowest BCUT2D eigenvalue weighted by atomic mass is 10.1. The smallest absolute Gasteiger partial charge is 0.320 e. The predicted octanol–water partition coefficient (Wildman–Crippen LogP) is 0.184. The number of nitrogens with one attached hydrogen (secondary N) is 1. The van der Waals surface area contributed by atoms with Gasteiger partial charge in [-0.3, -0.25) is 19.8 Å². The maximum atomic E-state index is 12.6. The van der Waals surface area contributed by atoms with Crippen LogP contribution in [0.2, 0.25) is 0 Å². The summed E-state index contributed by atoms with van der Waals surface area (Å²) in [5.41, 5.74) is 1.97. The molecule has 8 heteroatoms. The van der Waals surface area contributed by atoms with Crippen molar-refractivity contribution in [3.8, 4) is 0 Å². The molecule has 0 aliphatic carbocycles. The Morgan fingerprint density at radius 3 is 2.62 bits per heavy atom. The van der Waals surface area contributed by atoms with Crippen LogP contribution in [0.25, 0.3) is 5.65 Å². The first-order valence-electron chi connectivity index (χ1n) is 9.03. The molecule has 4 heterocycles. The van der Waals surface area contributed by atoms with Gasteiger partial charge >= 0.3 is 5.97 Å². The number of amides is 1. The molecule has 4 rings (SSSR count). The Bertz CT molecular complexity index is 779. The number of rotatable bonds is 4. The van der Waals surface area contributed by atoms with E-state index in [1.54, 1.807) is 0 Å². The van der Waals surface area contributed by atoms with E-state index in [0.29, 0.717) is 25.9 Å². The van der Waals surface area contributed by atoms with Gasteiger partial charge in [0, 0.05) is 45.1 Å². The third-order valence-corrected chi connectivity index (χ3v) is 5.23. The van der Waals surface area contributed by atoms with Crippen molar-refractivity contribution in [2.24, 2.45) is 0 Å². The second kappa shape index (κ2) is 7.05. The lowest BCUT2D eigenvalue weighted by molar-refractivity contribution is -0.139. The van der Waals surface area contributed by atoms with Crippen LogP contribution in [-0.2, 0) is 16.1 Å². The second-order valence-electron chi connectivity index (χ2n) is 6.99. The van der Waals surface area contributed by atoms with Crippen molar-refractivity contribution >= 4 is 17.5 Å². The summed E-state index contributed by atoms with van der Waals surface area (Å²) in [5.74, 6) is -0.848. The predicted molar refractivity (Wildman–Crippen MR) is 94.6 cm³/mol. The standard InChI is InChI=1S/C18H23N5O3/c24-17(14-4-5-15(20-14)18(25)26)22-9-7-21(8-10-22)11-13-12-23-6-2-1-3-16(23)19-13/h1-3,6,12,14-15,20H,4-5,7-11H2,(H,25,26)/t14-,15+/m1/s1. The van der Waals surface area contributed by atoms with Gasteiger partial charge in [0.25, 0.3) is 0 Å². The van der Waals surface area contributed by atoms with Gasteiger partial charge < -0.3 is 14.4 Å². The lowest BCUT2D eigenvalue weighted by Gasteiger charge is -2.35. The van der Waals surface area contributed by atoms with E-state index in [0.717, 1.165) is 31.0 Å². The number of hydrogen-bond acceptors (Lipinski definition) is 5. The third-order valence-electron chi connectivity index (χ3n) is 5.23. The number of aliphatic carboxylic acids is 1. The summed E-state index contributed by atoms with van der Waals surface area (Å²) < 4.78 is 2.01. The number of pyridine rings is 1. The lowest BCUT2D eigenvalue weighted by Crippen LogP contribution is -2.53. The summed E-state index contributed by atoms with van der Waals surface area (Å²) in [4.78, 5) is 32.4. The number of piperazine rings is 1. The van der Waals surface area contributed by atoms with Gasteiger partial charge in [-0.15, -0.1) is 0 Å². The molecule has 0 saturated carbocycles. The Morgan fingerprint density at radius 2 is 1.92 bits per heavy atom. The van der Waals surface area contributed by atoms with Gasteiger partial charge in [-0.2, -0.15) is 0 Å². The summed E-state index contributed by atoms with van der Waals surface area (Å²) in [6, 6.07) is 4.98. The largest absolute Gasteiger partial charge is 0.480 e. The van der Waals surface area contributed by atoms with Gasteiger partial charge in [-0.25, -0.2) is 4.98 Å². The summed E-state index contributed by atoms with van der Waals surface area (Å²) >= 11 is 0. The van der Waals surface area contributed by atoms with Gasteiger partial charge in [0.2, 0.25) is 5.91 Å². The van der Waals surface area contributed by atoms with Crippen LogP contribution in [-0.4, -0.2) is 74.4 Å². The minimum absolute atomic E-state index is 0.0288. The van der Waals surface area contributed by atoms with E-state index in [1.807, 2.05) is 39.9 Å². The molecule has 0 aromatic carbocycles. The van der Waals surface area contributed by atoms with E-state index in [2.05, 4.69) is 15.2 Å². The molecule has 2 atom stereocenters. The van der Waals surface area contributed by atoms with Gasteiger partial charge in [0.05, 0.1) is 11.7 Å². The van der Waals surface area contributed by atoms with Crippen molar-refractivity contribution in [3.63, 3.8) is 0 Å². The second-order valence-corrected chi connectivity index (χ2v) is 6.99. The zero-order valence-electron chi connectivity index (χ0n) is 14.5. The van der Waals surface area contributed by atoms with Gasteiger partial charge in [0.15, 0.2) is 0 Å². The number of nitrogens with zero attached hydrogens (tertiary/aromatic N) is 4. The quantitative estimate of drug-likeness (QED) is 0.812. The van der Waals surface area contributed by atoms with Crippen LogP contribution in [0.1, 0.15) is 18.5 Å². The first-order valence-corrected chi connectivity index (χ1v) is 9.03. The van der Waals surface area contributed by atoms with Gasteiger partial charge in [-0.05, 0) is 25.0 Å². The number of carboxylic acid groups (broad SMARTS) is 1. The van der Waals surface area contributed by atoms with Crippen molar-refractivity contribution < 1.29 is 14.7 Å². The third kappa shape index (κ3) is 3.42. The maximum Gasteiger partial charge on any atom is 0.320 e. The number of carbonyl (C=O) groups excluding carboxylic acids is 1. The van der Waals surface area contributed by atoms with Crippen molar-refractivity contribution in [2.45, 2.75) is 31.5 Å². The average Bonchev–Trinajstić information content (AvgIpc) is 3.28. The van der Waals surface area contributed by atoms with E-state index in [9.17, 15) is 9.59 Å². The van der Waals surface area contributed by atoms with Crippen LogP contribution in [0.15, 0.2) is 30.6 Å². The summed E-state index contributed by atoms with van der Waals surface area (Å²) in [5, 5.41) is 12.0. The molecule has 26 heavy (non-hydrogen) atoms. The Morgan fingerprint density at radius 1 is 1.15 bits per heavy atom. The Hall–Kier alpha value is -2.45. The van der Waals surface area contributed by atoms with Crippen LogP contribution in [0, 0.1) is 0 Å². The number of carboxylic acids is 1. The van der Waals surface area contributed by atoms with Crippen molar-refractivity contribution in [3.05, 3.63) is 36.3 Å².